The number of allylic oxidation sites excluding steroid dienone is 1. The minimum atomic E-state index is -0.970. The molecule has 0 amide bonds. The van der Waals surface area contributed by atoms with Crippen LogP contribution in [0.25, 0.3) is 0 Å². The summed E-state index contributed by atoms with van der Waals surface area (Å²) in [4.78, 5) is 20.9. The van der Waals surface area contributed by atoms with Gasteiger partial charge in [-0.15, -0.1) is 0 Å². The summed E-state index contributed by atoms with van der Waals surface area (Å²) in [6, 6.07) is 6.42. The number of amidine groups is 1. The summed E-state index contributed by atoms with van der Waals surface area (Å²) in [5.74, 6) is -1.54. The molecule has 140 valence electrons. The summed E-state index contributed by atoms with van der Waals surface area (Å²) < 4.78 is 33.9. The predicted octanol–water partition coefficient (Wildman–Crippen LogP) is 3.60. The number of aromatic nitrogens is 1. The molecule has 2 aromatic rings. The Morgan fingerprint density at radius 1 is 1.22 bits per heavy atom. The highest BCUT2D eigenvalue weighted by atomic mass is 19.1. The van der Waals surface area contributed by atoms with Gasteiger partial charge in [0.05, 0.1) is 12.2 Å². The monoisotopic (exact) mass is 371 g/mol. The molecular weight excluding hydrogens is 352 g/mol. The minimum Gasteiger partial charge on any atom is -0.463 e. The molecule has 5 nitrogen and oxygen atoms in total. The summed E-state index contributed by atoms with van der Waals surface area (Å²) in [6.07, 6.45) is 1.43. The largest absolute Gasteiger partial charge is 0.463 e. The van der Waals surface area contributed by atoms with Gasteiger partial charge in [0.1, 0.15) is 17.6 Å². The van der Waals surface area contributed by atoms with Crippen molar-refractivity contribution in [1.82, 2.24) is 10.3 Å². The summed E-state index contributed by atoms with van der Waals surface area (Å²) in [5, 5.41) is 2.90. The summed E-state index contributed by atoms with van der Waals surface area (Å²) in [5.41, 5.74) is 1.53. The van der Waals surface area contributed by atoms with Crippen LogP contribution < -0.4 is 5.32 Å². The van der Waals surface area contributed by atoms with E-state index in [9.17, 15) is 13.6 Å². The highest BCUT2D eigenvalue weighted by Crippen LogP contribution is 2.34. The van der Waals surface area contributed by atoms with Crippen molar-refractivity contribution in [3.05, 3.63) is 76.3 Å². The average Bonchev–Trinajstić information content (AvgIpc) is 2.61. The molecule has 3 rings (SSSR count). The van der Waals surface area contributed by atoms with Crippen molar-refractivity contribution in [2.45, 2.75) is 26.8 Å². The Balaban J connectivity index is 2.15. The fourth-order valence-electron chi connectivity index (χ4n) is 2.91. The van der Waals surface area contributed by atoms with Crippen LogP contribution in [-0.4, -0.2) is 23.4 Å². The number of halogens is 2. The zero-order chi connectivity index (χ0) is 19.6. The van der Waals surface area contributed by atoms with Crippen LogP contribution >= 0.6 is 0 Å². The van der Waals surface area contributed by atoms with Gasteiger partial charge in [0.15, 0.2) is 11.7 Å². The van der Waals surface area contributed by atoms with Crippen molar-refractivity contribution in [2.24, 2.45) is 4.99 Å². The maximum atomic E-state index is 14.6. The molecule has 0 bridgehead atoms. The molecule has 2 heterocycles. The van der Waals surface area contributed by atoms with Crippen molar-refractivity contribution >= 4 is 11.8 Å². The third kappa shape index (κ3) is 3.72. The zero-order valence-corrected chi connectivity index (χ0v) is 15.2. The molecule has 0 saturated heterocycles. The first kappa shape index (κ1) is 18.7. The second-order valence-electron chi connectivity index (χ2n) is 6.12. The third-order valence-corrected chi connectivity index (χ3v) is 4.17. The molecule has 1 unspecified atom stereocenters. The fourth-order valence-corrected chi connectivity index (χ4v) is 2.91. The average molecular weight is 371 g/mol. The van der Waals surface area contributed by atoms with Gasteiger partial charge < -0.3 is 10.1 Å². The van der Waals surface area contributed by atoms with Gasteiger partial charge in [-0.05, 0) is 44.5 Å². The van der Waals surface area contributed by atoms with Crippen molar-refractivity contribution in [1.29, 1.82) is 0 Å². The standard InChI is InChI=1S/C20H19F2N3O2/c1-4-27-20(26)16-12(3)24-19(18-14(21)6-5-9-23-18)25-17(16)13-8-7-11(2)10-15(13)22/h5-10,17H,4H2,1-3H3,(H,24,25). The van der Waals surface area contributed by atoms with Gasteiger partial charge >= 0.3 is 5.97 Å². The van der Waals surface area contributed by atoms with E-state index in [1.807, 2.05) is 0 Å². The van der Waals surface area contributed by atoms with Crippen molar-refractivity contribution in [2.75, 3.05) is 6.61 Å². The predicted molar refractivity (Wildman–Crippen MR) is 97.1 cm³/mol. The van der Waals surface area contributed by atoms with E-state index in [0.717, 1.165) is 5.56 Å². The molecule has 0 fully saturated rings. The molecule has 1 atom stereocenters. The lowest BCUT2D eigenvalue weighted by Gasteiger charge is -2.26. The molecule has 1 N–H and O–H groups in total. The van der Waals surface area contributed by atoms with Gasteiger partial charge in [-0.2, -0.15) is 0 Å². The van der Waals surface area contributed by atoms with Crippen LogP contribution in [0.3, 0.4) is 0 Å². The van der Waals surface area contributed by atoms with Gasteiger partial charge in [-0.3, -0.25) is 4.99 Å². The van der Waals surface area contributed by atoms with Gasteiger partial charge in [0.25, 0.3) is 0 Å². The number of aryl methyl sites for hydroxylation is 1. The fraction of sp³-hybridized carbons (Fsp3) is 0.250. The second-order valence-corrected chi connectivity index (χ2v) is 6.12. The van der Waals surface area contributed by atoms with E-state index in [0.29, 0.717) is 5.70 Å². The Labute approximate surface area is 155 Å². The summed E-state index contributed by atoms with van der Waals surface area (Å²) in [6.45, 7) is 5.26. The van der Waals surface area contributed by atoms with Crippen LogP contribution in [0.1, 0.15) is 36.7 Å². The van der Waals surface area contributed by atoms with Gasteiger partial charge in [0, 0.05) is 17.5 Å². The number of hydrogen-bond acceptors (Lipinski definition) is 5. The van der Waals surface area contributed by atoms with E-state index in [4.69, 9.17) is 4.74 Å². The van der Waals surface area contributed by atoms with Crippen LogP contribution in [-0.2, 0) is 9.53 Å². The first-order valence-corrected chi connectivity index (χ1v) is 8.52. The minimum absolute atomic E-state index is 0.00252. The van der Waals surface area contributed by atoms with E-state index < -0.39 is 23.6 Å². The number of benzene rings is 1. The number of carbonyl (C=O) groups excluding carboxylic acids is 1. The number of nitrogens with zero attached hydrogens (tertiary/aromatic N) is 2. The lowest BCUT2D eigenvalue weighted by Crippen LogP contribution is -2.34. The molecule has 0 spiro atoms. The zero-order valence-electron chi connectivity index (χ0n) is 15.2. The number of aliphatic imine (C=N–C) groups is 1. The normalized spacial score (nSPS) is 16.6. The van der Waals surface area contributed by atoms with E-state index in [2.05, 4.69) is 15.3 Å². The van der Waals surface area contributed by atoms with E-state index >= 15 is 0 Å². The summed E-state index contributed by atoms with van der Waals surface area (Å²) >= 11 is 0. The molecular formula is C20H19F2N3O2. The molecule has 1 aliphatic heterocycles. The topological polar surface area (TPSA) is 63.6 Å². The molecule has 7 heteroatoms. The van der Waals surface area contributed by atoms with Crippen LogP contribution in [0.5, 0.6) is 0 Å². The smallest absolute Gasteiger partial charge is 0.338 e. The van der Waals surface area contributed by atoms with Crippen molar-refractivity contribution in [3.63, 3.8) is 0 Å². The molecule has 27 heavy (non-hydrogen) atoms. The molecule has 1 aromatic carbocycles. The van der Waals surface area contributed by atoms with Crippen LogP contribution in [0.15, 0.2) is 52.8 Å². The third-order valence-electron chi connectivity index (χ3n) is 4.17. The van der Waals surface area contributed by atoms with E-state index in [1.54, 1.807) is 32.9 Å². The number of hydrogen-bond donors (Lipinski definition) is 1. The maximum Gasteiger partial charge on any atom is 0.338 e. The second kappa shape index (κ2) is 7.65. The SMILES string of the molecule is CCOC(=O)C1=C(C)NC(c2ncccc2F)=NC1c1ccc(C)cc1F. The highest BCUT2D eigenvalue weighted by Gasteiger charge is 2.33. The number of rotatable bonds is 4. The van der Waals surface area contributed by atoms with Crippen LogP contribution in [0.4, 0.5) is 8.78 Å². The maximum absolute atomic E-state index is 14.6. The molecule has 0 saturated carbocycles. The Morgan fingerprint density at radius 2 is 2.00 bits per heavy atom. The molecule has 1 aliphatic rings. The van der Waals surface area contributed by atoms with E-state index in [1.165, 1.54) is 24.4 Å². The van der Waals surface area contributed by atoms with E-state index in [-0.39, 0.29) is 29.3 Å². The number of pyridine rings is 1. The van der Waals surface area contributed by atoms with Gasteiger partial charge in [0.2, 0.25) is 0 Å². The summed E-state index contributed by atoms with van der Waals surface area (Å²) in [7, 11) is 0. The Kier molecular flexibility index (Phi) is 5.30. The Morgan fingerprint density at radius 3 is 2.67 bits per heavy atom. The number of nitrogens with one attached hydrogen (secondary N) is 1. The van der Waals surface area contributed by atoms with Crippen molar-refractivity contribution < 1.29 is 18.3 Å². The molecule has 1 aromatic heterocycles. The van der Waals surface area contributed by atoms with Gasteiger partial charge in [-0.25, -0.2) is 18.6 Å². The first-order valence-electron chi connectivity index (χ1n) is 8.52. The lowest BCUT2D eigenvalue weighted by molar-refractivity contribution is -0.138. The quantitative estimate of drug-likeness (QED) is 0.834. The Bertz CT molecular complexity index is 954. The lowest BCUT2D eigenvalue weighted by atomic mass is 9.94. The number of ether oxygens (including phenoxy) is 1. The molecule has 0 aliphatic carbocycles. The number of carbonyl (C=O) groups is 1. The van der Waals surface area contributed by atoms with Crippen molar-refractivity contribution in [3.8, 4) is 0 Å². The molecule has 0 radical (unpaired) electrons. The first-order chi connectivity index (χ1) is 12.9. The number of esters is 1. The van der Waals surface area contributed by atoms with Crippen LogP contribution in [0.2, 0.25) is 0 Å². The Hall–Kier alpha value is -3.09. The van der Waals surface area contributed by atoms with Crippen LogP contribution in [0, 0.1) is 18.6 Å². The van der Waals surface area contributed by atoms with Gasteiger partial charge in [-0.1, -0.05) is 12.1 Å². The highest BCUT2D eigenvalue weighted by molar-refractivity contribution is 6.02.